The number of β-amino-alcohol motifs (C(OH)–C–C–N with tert-alkyl or cyclic N) is 1. The predicted octanol–water partition coefficient (Wildman–Crippen LogP) is 2.79. The average Bonchev–Trinajstić information content (AvgIpc) is 3.55. The molecule has 2 aliphatic heterocycles. The van der Waals surface area contributed by atoms with Gasteiger partial charge >= 0.3 is 0 Å². The Morgan fingerprint density at radius 1 is 1.25 bits per heavy atom. The maximum absolute atomic E-state index is 13.3. The van der Waals surface area contributed by atoms with Crippen molar-refractivity contribution < 1.29 is 19.1 Å². The normalized spacial score (nSPS) is 25.7. The van der Waals surface area contributed by atoms with E-state index in [0.717, 1.165) is 45.3 Å². The SMILES string of the molecule is C[C@@H]1C(=O)N(CCCN2CCC3(CC3)[C@H](O)C2)CCN1C(=O)/C=C/c1ccc(F)c(Cl)c1. The van der Waals surface area contributed by atoms with Crippen molar-refractivity contribution in [1.82, 2.24) is 14.7 Å². The molecule has 1 aliphatic carbocycles. The molecule has 1 spiro atoms. The molecule has 2 amide bonds. The number of rotatable bonds is 6. The Balaban J connectivity index is 1.24. The molecule has 0 bridgehead atoms. The van der Waals surface area contributed by atoms with Gasteiger partial charge in [0, 0.05) is 32.3 Å². The molecular weight excluding hydrogens is 433 g/mol. The number of nitrogens with zero attached hydrogens (tertiary/aromatic N) is 3. The Labute approximate surface area is 193 Å². The number of likely N-dealkylation sites (tertiary alicyclic amines) is 1. The number of piperidine rings is 1. The minimum absolute atomic E-state index is 0.00265. The van der Waals surface area contributed by atoms with Crippen LogP contribution in [0.2, 0.25) is 5.02 Å². The lowest BCUT2D eigenvalue weighted by Crippen LogP contribution is -2.57. The number of benzene rings is 1. The zero-order chi connectivity index (χ0) is 22.9. The Hall–Kier alpha value is -1.96. The number of aliphatic hydroxyl groups excluding tert-OH is 1. The molecule has 1 aromatic carbocycles. The zero-order valence-corrected chi connectivity index (χ0v) is 19.2. The van der Waals surface area contributed by atoms with Gasteiger partial charge in [0.05, 0.1) is 11.1 Å². The van der Waals surface area contributed by atoms with Gasteiger partial charge in [-0.1, -0.05) is 17.7 Å². The highest BCUT2D eigenvalue weighted by Gasteiger charge is 2.51. The fourth-order valence-corrected chi connectivity index (χ4v) is 5.03. The summed E-state index contributed by atoms with van der Waals surface area (Å²) in [7, 11) is 0. The van der Waals surface area contributed by atoms with Gasteiger partial charge in [-0.3, -0.25) is 9.59 Å². The van der Waals surface area contributed by atoms with Gasteiger partial charge in [0.2, 0.25) is 11.8 Å². The fraction of sp³-hybridized carbons (Fsp3) is 0.583. The van der Waals surface area contributed by atoms with Crippen LogP contribution in [-0.4, -0.2) is 83.0 Å². The summed E-state index contributed by atoms with van der Waals surface area (Å²) in [6.45, 7) is 6.03. The van der Waals surface area contributed by atoms with Crippen LogP contribution in [0.25, 0.3) is 6.08 Å². The summed E-state index contributed by atoms with van der Waals surface area (Å²) in [5.41, 5.74) is 0.833. The second kappa shape index (κ2) is 9.49. The molecule has 2 atom stereocenters. The first-order valence-electron chi connectivity index (χ1n) is 11.4. The van der Waals surface area contributed by atoms with Crippen molar-refractivity contribution in [3.05, 3.63) is 40.7 Å². The van der Waals surface area contributed by atoms with Crippen LogP contribution in [0.3, 0.4) is 0 Å². The third-order valence-corrected chi connectivity index (χ3v) is 7.54. The fourth-order valence-electron chi connectivity index (χ4n) is 4.84. The highest BCUT2D eigenvalue weighted by Crippen LogP contribution is 2.53. The van der Waals surface area contributed by atoms with E-state index in [4.69, 9.17) is 11.6 Å². The van der Waals surface area contributed by atoms with Crippen molar-refractivity contribution in [2.45, 2.75) is 44.8 Å². The van der Waals surface area contributed by atoms with Crippen LogP contribution in [0.1, 0.15) is 38.2 Å². The molecule has 174 valence electrons. The quantitative estimate of drug-likeness (QED) is 0.659. The molecule has 1 saturated carbocycles. The number of aliphatic hydroxyl groups is 1. The molecule has 3 fully saturated rings. The zero-order valence-electron chi connectivity index (χ0n) is 18.5. The second-order valence-corrected chi connectivity index (χ2v) is 9.73. The van der Waals surface area contributed by atoms with Crippen LogP contribution < -0.4 is 0 Å². The molecule has 8 heteroatoms. The van der Waals surface area contributed by atoms with Gasteiger partial charge in [-0.05, 0) is 74.9 Å². The molecule has 0 radical (unpaired) electrons. The number of amides is 2. The molecule has 4 rings (SSSR count). The molecule has 0 unspecified atom stereocenters. The van der Waals surface area contributed by atoms with E-state index in [0.29, 0.717) is 25.2 Å². The topological polar surface area (TPSA) is 64.1 Å². The third-order valence-electron chi connectivity index (χ3n) is 7.25. The van der Waals surface area contributed by atoms with E-state index in [1.165, 1.54) is 18.2 Å². The summed E-state index contributed by atoms with van der Waals surface area (Å²) in [5, 5.41) is 10.3. The molecular formula is C24H31ClFN3O3. The summed E-state index contributed by atoms with van der Waals surface area (Å²) in [5.74, 6) is -0.797. The van der Waals surface area contributed by atoms with Gasteiger partial charge in [-0.2, -0.15) is 0 Å². The van der Waals surface area contributed by atoms with Gasteiger partial charge in [-0.25, -0.2) is 4.39 Å². The van der Waals surface area contributed by atoms with Gasteiger partial charge in [-0.15, -0.1) is 0 Å². The largest absolute Gasteiger partial charge is 0.391 e. The van der Waals surface area contributed by atoms with Gasteiger partial charge in [0.1, 0.15) is 11.9 Å². The lowest BCUT2D eigenvalue weighted by Gasteiger charge is -2.39. The number of piperazine rings is 1. The van der Waals surface area contributed by atoms with Crippen LogP contribution in [0.15, 0.2) is 24.3 Å². The Kier molecular flexibility index (Phi) is 6.89. The minimum Gasteiger partial charge on any atom is -0.391 e. The molecule has 2 heterocycles. The molecule has 2 saturated heterocycles. The standard InChI is InChI=1S/C24H31ClFN3O3/c1-17-23(32)28(11-2-10-27-12-9-24(7-8-24)21(30)16-27)13-14-29(17)22(31)6-4-18-3-5-20(26)19(25)15-18/h3-6,15,17,21,30H,2,7-14,16H2,1H3/b6-4+/t17-,21-/m1/s1. The molecule has 32 heavy (non-hydrogen) atoms. The first-order valence-corrected chi connectivity index (χ1v) is 11.8. The van der Waals surface area contributed by atoms with Crippen molar-refractivity contribution >= 4 is 29.5 Å². The molecule has 1 N–H and O–H groups in total. The first kappa shape index (κ1) is 23.2. The van der Waals surface area contributed by atoms with Crippen LogP contribution in [0.5, 0.6) is 0 Å². The summed E-state index contributed by atoms with van der Waals surface area (Å²) in [4.78, 5) is 31.1. The van der Waals surface area contributed by atoms with E-state index in [-0.39, 0.29) is 28.4 Å². The van der Waals surface area contributed by atoms with Crippen LogP contribution in [0, 0.1) is 11.2 Å². The van der Waals surface area contributed by atoms with Crippen molar-refractivity contribution in [2.75, 3.05) is 39.3 Å². The monoisotopic (exact) mass is 463 g/mol. The highest BCUT2D eigenvalue weighted by atomic mass is 35.5. The van der Waals surface area contributed by atoms with E-state index >= 15 is 0 Å². The van der Waals surface area contributed by atoms with Crippen molar-refractivity contribution in [1.29, 1.82) is 0 Å². The van der Waals surface area contributed by atoms with Crippen LogP contribution in [-0.2, 0) is 9.59 Å². The van der Waals surface area contributed by atoms with Crippen LogP contribution >= 0.6 is 11.6 Å². The molecule has 6 nitrogen and oxygen atoms in total. The highest BCUT2D eigenvalue weighted by molar-refractivity contribution is 6.30. The van der Waals surface area contributed by atoms with E-state index in [2.05, 4.69) is 4.90 Å². The van der Waals surface area contributed by atoms with Crippen LogP contribution in [0.4, 0.5) is 4.39 Å². The molecule has 0 aromatic heterocycles. The predicted molar refractivity (Wildman–Crippen MR) is 122 cm³/mol. The third kappa shape index (κ3) is 5.00. The number of carbonyl (C=O) groups excluding carboxylic acids is 2. The maximum atomic E-state index is 13.3. The molecule has 1 aromatic rings. The minimum atomic E-state index is -0.524. The Morgan fingerprint density at radius 2 is 2.03 bits per heavy atom. The van der Waals surface area contributed by atoms with Gasteiger partial charge in [0.15, 0.2) is 0 Å². The van der Waals surface area contributed by atoms with Crippen molar-refractivity contribution in [3.8, 4) is 0 Å². The van der Waals surface area contributed by atoms with E-state index in [1.54, 1.807) is 24.0 Å². The lowest BCUT2D eigenvalue weighted by molar-refractivity contribution is -0.148. The van der Waals surface area contributed by atoms with Gasteiger partial charge < -0.3 is 19.8 Å². The summed E-state index contributed by atoms with van der Waals surface area (Å²) in [6.07, 6.45) is 7.01. The average molecular weight is 464 g/mol. The molecule has 3 aliphatic rings. The van der Waals surface area contributed by atoms with E-state index in [9.17, 15) is 19.1 Å². The number of halogens is 2. The van der Waals surface area contributed by atoms with E-state index < -0.39 is 11.9 Å². The Bertz CT molecular complexity index is 904. The van der Waals surface area contributed by atoms with Crippen molar-refractivity contribution in [2.24, 2.45) is 5.41 Å². The van der Waals surface area contributed by atoms with Crippen molar-refractivity contribution in [3.63, 3.8) is 0 Å². The summed E-state index contributed by atoms with van der Waals surface area (Å²) >= 11 is 5.78. The number of hydrogen-bond acceptors (Lipinski definition) is 4. The van der Waals surface area contributed by atoms with Gasteiger partial charge in [0.25, 0.3) is 0 Å². The maximum Gasteiger partial charge on any atom is 0.247 e. The summed E-state index contributed by atoms with van der Waals surface area (Å²) in [6, 6.07) is 3.73. The number of carbonyl (C=O) groups is 2. The Morgan fingerprint density at radius 3 is 2.72 bits per heavy atom. The first-order chi connectivity index (χ1) is 15.3. The smallest absolute Gasteiger partial charge is 0.247 e. The lowest BCUT2D eigenvalue weighted by atomic mass is 9.90. The van der Waals surface area contributed by atoms with E-state index in [1.807, 2.05) is 4.90 Å². The number of hydrogen-bond donors (Lipinski definition) is 1. The second-order valence-electron chi connectivity index (χ2n) is 9.32. The summed E-state index contributed by atoms with van der Waals surface area (Å²) < 4.78 is 13.3.